The number of ether oxygens (including phenoxy) is 2. The van der Waals surface area contributed by atoms with E-state index in [-0.39, 0.29) is 30.7 Å². The molecule has 13 heteroatoms. The summed E-state index contributed by atoms with van der Waals surface area (Å²) in [5, 5.41) is 10.6. The van der Waals surface area contributed by atoms with Crippen LogP contribution < -0.4 is 21.3 Å². The van der Waals surface area contributed by atoms with Crippen LogP contribution in [0.1, 0.15) is 47.4 Å². The Morgan fingerprint density at radius 3 is 2.27 bits per heavy atom. The van der Waals surface area contributed by atoms with Gasteiger partial charge in [-0.05, 0) is 44.5 Å². The third-order valence-corrected chi connectivity index (χ3v) is 5.19. The molecular formula is C27H33N7O6. The molecule has 212 valence electrons. The van der Waals surface area contributed by atoms with Crippen LogP contribution in [0.4, 0.5) is 26.8 Å². The highest BCUT2D eigenvalue weighted by atomic mass is 16.6. The van der Waals surface area contributed by atoms with Gasteiger partial charge in [0.25, 0.3) is 11.8 Å². The van der Waals surface area contributed by atoms with Crippen molar-refractivity contribution in [3.8, 4) is 0 Å². The van der Waals surface area contributed by atoms with E-state index < -0.39 is 23.7 Å². The Labute approximate surface area is 231 Å². The van der Waals surface area contributed by atoms with Crippen molar-refractivity contribution in [2.45, 2.75) is 32.9 Å². The lowest BCUT2D eigenvalue weighted by molar-refractivity contribution is 0.0634. The topological polar surface area (TPSA) is 158 Å². The minimum atomic E-state index is -0.687. The fourth-order valence-electron chi connectivity index (χ4n) is 3.46. The molecule has 3 rings (SSSR count). The SMILES string of the molecule is C=CCOC(=O)Nc1ccc(CNC(=O)c2cc(NC(=O)c3nc(NC(=O)OC(C)(C)C)cn3C)cn2C)cc1. The van der Waals surface area contributed by atoms with Gasteiger partial charge in [-0.3, -0.25) is 20.2 Å². The van der Waals surface area contributed by atoms with Crippen LogP contribution in [0.5, 0.6) is 0 Å². The number of carbonyl (C=O) groups excluding carboxylic acids is 4. The molecule has 0 unspecified atom stereocenters. The lowest BCUT2D eigenvalue weighted by Gasteiger charge is -2.18. The molecule has 13 nitrogen and oxygen atoms in total. The Kier molecular flexibility index (Phi) is 9.33. The van der Waals surface area contributed by atoms with Crippen LogP contribution in [-0.2, 0) is 30.1 Å². The van der Waals surface area contributed by atoms with Gasteiger partial charge >= 0.3 is 12.2 Å². The minimum Gasteiger partial charge on any atom is -0.445 e. The van der Waals surface area contributed by atoms with Gasteiger partial charge in [0.1, 0.15) is 17.9 Å². The Hall–Kier alpha value is -5.07. The number of anilines is 3. The van der Waals surface area contributed by atoms with Crippen LogP contribution in [0.3, 0.4) is 0 Å². The molecule has 4 amide bonds. The molecule has 0 aliphatic rings. The molecule has 40 heavy (non-hydrogen) atoms. The average molecular weight is 552 g/mol. The predicted molar refractivity (Wildman–Crippen MR) is 149 cm³/mol. The van der Waals surface area contributed by atoms with E-state index in [9.17, 15) is 19.2 Å². The molecular weight excluding hydrogens is 518 g/mol. The zero-order valence-corrected chi connectivity index (χ0v) is 23.0. The number of aryl methyl sites for hydroxylation is 2. The van der Waals surface area contributed by atoms with E-state index in [0.717, 1.165) is 5.56 Å². The first-order valence-electron chi connectivity index (χ1n) is 12.3. The van der Waals surface area contributed by atoms with Crippen LogP contribution in [-0.4, -0.2) is 50.3 Å². The normalized spacial score (nSPS) is 10.8. The summed E-state index contributed by atoms with van der Waals surface area (Å²) in [5.41, 5.74) is 1.40. The van der Waals surface area contributed by atoms with Crippen molar-refractivity contribution in [2.75, 3.05) is 22.6 Å². The van der Waals surface area contributed by atoms with Crippen LogP contribution >= 0.6 is 0 Å². The zero-order valence-electron chi connectivity index (χ0n) is 23.0. The Balaban J connectivity index is 1.56. The fraction of sp³-hybridized carbons (Fsp3) is 0.296. The van der Waals surface area contributed by atoms with Gasteiger partial charge in [0, 0.05) is 38.7 Å². The van der Waals surface area contributed by atoms with Gasteiger partial charge < -0.3 is 29.2 Å². The van der Waals surface area contributed by atoms with E-state index in [4.69, 9.17) is 9.47 Å². The van der Waals surface area contributed by atoms with Gasteiger partial charge in [0.05, 0.1) is 5.69 Å². The monoisotopic (exact) mass is 551 g/mol. The number of carbonyl (C=O) groups is 4. The van der Waals surface area contributed by atoms with Crippen molar-refractivity contribution in [1.82, 2.24) is 19.4 Å². The second kappa shape index (κ2) is 12.7. The maximum absolute atomic E-state index is 12.8. The summed E-state index contributed by atoms with van der Waals surface area (Å²) in [4.78, 5) is 53.4. The molecule has 0 saturated carbocycles. The minimum absolute atomic E-state index is 0.0489. The number of benzene rings is 1. The Morgan fingerprint density at radius 2 is 1.62 bits per heavy atom. The van der Waals surface area contributed by atoms with E-state index in [1.807, 2.05) is 0 Å². The third kappa shape index (κ3) is 8.48. The first-order chi connectivity index (χ1) is 18.8. The summed E-state index contributed by atoms with van der Waals surface area (Å²) in [5.74, 6) is -0.669. The fourth-order valence-corrected chi connectivity index (χ4v) is 3.46. The molecule has 2 aromatic heterocycles. The summed E-state index contributed by atoms with van der Waals surface area (Å²) >= 11 is 0. The van der Waals surface area contributed by atoms with Crippen molar-refractivity contribution < 1.29 is 28.7 Å². The second-order valence-corrected chi connectivity index (χ2v) is 9.76. The van der Waals surface area contributed by atoms with Gasteiger partial charge in [0.2, 0.25) is 5.82 Å². The van der Waals surface area contributed by atoms with Crippen LogP contribution in [0, 0.1) is 0 Å². The van der Waals surface area contributed by atoms with Gasteiger partial charge in [-0.2, -0.15) is 0 Å². The van der Waals surface area contributed by atoms with Crippen molar-refractivity contribution in [2.24, 2.45) is 14.1 Å². The maximum Gasteiger partial charge on any atom is 0.413 e. The van der Waals surface area contributed by atoms with E-state index in [1.54, 1.807) is 69.9 Å². The summed E-state index contributed by atoms with van der Waals surface area (Å²) in [6.45, 7) is 9.05. The summed E-state index contributed by atoms with van der Waals surface area (Å²) in [6.07, 6.45) is 3.28. The molecule has 4 N–H and O–H groups in total. The molecule has 0 saturated heterocycles. The number of nitrogens with zero attached hydrogens (tertiary/aromatic N) is 3. The molecule has 0 aliphatic carbocycles. The number of rotatable bonds is 9. The van der Waals surface area contributed by atoms with Crippen molar-refractivity contribution in [3.63, 3.8) is 0 Å². The quantitative estimate of drug-likeness (QED) is 0.292. The van der Waals surface area contributed by atoms with E-state index in [0.29, 0.717) is 17.1 Å². The molecule has 0 radical (unpaired) electrons. The smallest absolute Gasteiger partial charge is 0.413 e. The second-order valence-electron chi connectivity index (χ2n) is 9.76. The third-order valence-electron chi connectivity index (χ3n) is 5.19. The number of nitrogens with one attached hydrogen (secondary N) is 4. The van der Waals surface area contributed by atoms with E-state index in [2.05, 4.69) is 32.8 Å². The largest absolute Gasteiger partial charge is 0.445 e. The molecule has 1 aromatic carbocycles. The molecule has 0 atom stereocenters. The van der Waals surface area contributed by atoms with Crippen LogP contribution in [0.25, 0.3) is 0 Å². The van der Waals surface area contributed by atoms with E-state index >= 15 is 0 Å². The highest BCUT2D eigenvalue weighted by molar-refractivity contribution is 6.03. The molecule has 0 bridgehead atoms. The molecule has 0 fully saturated rings. The van der Waals surface area contributed by atoms with Crippen LogP contribution in [0.15, 0.2) is 55.4 Å². The van der Waals surface area contributed by atoms with Crippen molar-refractivity contribution in [1.29, 1.82) is 0 Å². The van der Waals surface area contributed by atoms with Crippen LogP contribution in [0.2, 0.25) is 0 Å². The summed E-state index contributed by atoms with van der Waals surface area (Å²) < 4.78 is 13.1. The lowest BCUT2D eigenvalue weighted by atomic mass is 10.2. The average Bonchev–Trinajstić information content (AvgIpc) is 3.42. The van der Waals surface area contributed by atoms with E-state index in [1.165, 1.54) is 22.9 Å². The van der Waals surface area contributed by atoms with Gasteiger partial charge in [-0.15, -0.1) is 0 Å². The first-order valence-corrected chi connectivity index (χ1v) is 12.3. The standard InChI is InChI=1S/C27H33N7O6/c1-7-12-39-25(37)30-18-10-8-17(9-11-18)14-28-23(35)20-13-19(15-33(20)5)29-24(36)22-31-21(16-34(22)6)32-26(38)40-27(2,3)4/h7-11,13,15-16H,1,12,14H2,2-6H3,(H,28,35)(H,29,36)(H,30,37)(H,32,38). The lowest BCUT2D eigenvalue weighted by Crippen LogP contribution is -2.27. The van der Waals surface area contributed by atoms with Gasteiger partial charge in [-0.25, -0.2) is 14.6 Å². The summed E-state index contributed by atoms with van der Waals surface area (Å²) in [7, 11) is 3.29. The van der Waals surface area contributed by atoms with Crippen molar-refractivity contribution >= 4 is 41.2 Å². The molecule has 0 aliphatic heterocycles. The molecule has 3 aromatic rings. The zero-order chi connectivity index (χ0) is 29.4. The van der Waals surface area contributed by atoms with Gasteiger partial charge in [0.15, 0.2) is 5.82 Å². The Bertz CT molecular complexity index is 1400. The maximum atomic E-state index is 12.8. The number of imidazole rings is 1. The highest BCUT2D eigenvalue weighted by Crippen LogP contribution is 2.17. The number of hydrogen-bond donors (Lipinski definition) is 4. The molecule has 2 heterocycles. The van der Waals surface area contributed by atoms with Gasteiger partial charge in [-0.1, -0.05) is 24.8 Å². The molecule has 0 spiro atoms. The number of hydrogen-bond acceptors (Lipinski definition) is 7. The number of amides is 4. The number of aromatic nitrogens is 3. The highest BCUT2D eigenvalue weighted by Gasteiger charge is 2.20. The van der Waals surface area contributed by atoms with Crippen molar-refractivity contribution in [3.05, 3.63) is 72.5 Å². The predicted octanol–water partition coefficient (Wildman–Crippen LogP) is 4.02. The summed E-state index contributed by atoms with van der Waals surface area (Å²) in [6, 6.07) is 8.45. The first kappa shape index (κ1) is 29.5. The Morgan fingerprint density at radius 1 is 0.925 bits per heavy atom.